The molecule has 7 nitrogen and oxygen atoms in total. The normalized spacial score (nSPS) is 15.0. The first-order valence-electron chi connectivity index (χ1n) is 10.3. The van der Waals surface area contributed by atoms with E-state index in [1.54, 1.807) is 6.08 Å². The van der Waals surface area contributed by atoms with Gasteiger partial charge in [0.2, 0.25) is 0 Å². The van der Waals surface area contributed by atoms with Crippen LogP contribution in [-0.4, -0.2) is 30.7 Å². The molecule has 0 aliphatic heterocycles. The fraction of sp³-hybridized carbons (Fsp3) is 0.292. The second-order valence-electron chi connectivity index (χ2n) is 7.81. The summed E-state index contributed by atoms with van der Waals surface area (Å²) in [5, 5.41) is 20.3. The Morgan fingerprint density at radius 3 is 2.56 bits per heavy atom. The van der Waals surface area contributed by atoms with Crippen molar-refractivity contribution < 1.29 is 23.1 Å². The molecule has 1 unspecified atom stereocenters. The number of nitrogens with zero attached hydrogens (tertiary/aromatic N) is 1. The lowest BCUT2D eigenvalue weighted by Crippen LogP contribution is -2.28. The summed E-state index contributed by atoms with van der Waals surface area (Å²) in [5.41, 5.74) is 0.0305. The van der Waals surface area contributed by atoms with Crippen molar-refractivity contribution in [3.8, 4) is 6.07 Å². The number of nitrogens with one attached hydrogen (secondary N) is 1. The van der Waals surface area contributed by atoms with Crippen LogP contribution in [0, 0.1) is 17.2 Å². The molecule has 166 valence electrons. The zero-order chi connectivity index (χ0) is 23.3. The van der Waals surface area contributed by atoms with Crippen molar-refractivity contribution in [3.63, 3.8) is 0 Å². The topological polar surface area (TPSA) is 124 Å². The highest BCUT2D eigenvalue weighted by Gasteiger charge is 2.35. The van der Waals surface area contributed by atoms with E-state index in [9.17, 15) is 23.1 Å². The van der Waals surface area contributed by atoms with Gasteiger partial charge in [-0.1, -0.05) is 25.0 Å². The third-order valence-electron chi connectivity index (χ3n) is 5.78. The van der Waals surface area contributed by atoms with Crippen LogP contribution in [0.4, 0.5) is 5.69 Å². The Morgan fingerprint density at radius 2 is 1.94 bits per heavy atom. The third-order valence-corrected chi connectivity index (χ3v) is 8.06. The molecule has 2 aromatic carbocycles. The third kappa shape index (κ3) is 4.89. The minimum atomic E-state index is -3.69. The van der Waals surface area contributed by atoms with Gasteiger partial charge in [-0.25, -0.2) is 13.2 Å². The minimum absolute atomic E-state index is 0.0187. The number of amides is 1. The van der Waals surface area contributed by atoms with E-state index in [2.05, 4.69) is 11.9 Å². The zero-order valence-electron chi connectivity index (χ0n) is 17.5. The number of allylic oxidation sites excluding steroid dienone is 1. The first-order valence-corrected chi connectivity index (χ1v) is 11.9. The quantitative estimate of drug-likeness (QED) is 0.572. The molecule has 0 radical (unpaired) electrons. The van der Waals surface area contributed by atoms with Gasteiger partial charge in [-0.3, -0.25) is 4.79 Å². The molecule has 0 heterocycles. The average Bonchev–Trinajstić information content (AvgIpc) is 3.31. The Morgan fingerprint density at radius 1 is 1.22 bits per heavy atom. The Bertz CT molecular complexity index is 1190. The number of anilines is 1. The van der Waals surface area contributed by atoms with Crippen molar-refractivity contribution in [1.29, 1.82) is 5.26 Å². The van der Waals surface area contributed by atoms with Gasteiger partial charge in [0, 0.05) is 5.56 Å². The van der Waals surface area contributed by atoms with Gasteiger partial charge >= 0.3 is 5.97 Å². The molecule has 1 amide bonds. The summed E-state index contributed by atoms with van der Waals surface area (Å²) < 4.78 is 26.7. The first-order chi connectivity index (χ1) is 15.3. The van der Waals surface area contributed by atoms with E-state index in [0.29, 0.717) is 6.42 Å². The number of hydrogen-bond acceptors (Lipinski definition) is 5. The van der Waals surface area contributed by atoms with Crippen LogP contribution in [0.3, 0.4) is 0 Å². The highest BCUT2D eigenvalue weighted by molar-refractivity contribution is 7.92. The second kappa shape index (κ2) is 9.79. The van der Waals surface area contributed by atoms with Crippen LogP contribution in [0.2, 0.25) is 0 Å². The summed E-state index contributed by atoms with van der Waals surface area (Å²) in [6, 6.07) is 11.5. The van der Waals surface area contributed by atoms with Gasteiger partial charge in [-0.15, -0.1) is 6.58 Å². The molecule has 1 aliphatic rings. The van der Waals surface area contributed by atoms with Gasteiger partial charge in [0.15, 0.2) is 9.84 Å². The molecule has 1 atom stereocenters. The van der Waals surface area contributed by atoms with Gasteiger partial charge in [0.1, 0.15) is 0 Å². The van der Waals surface area contributed by atoms with Crippen LogP contribution in [0.5, 0.6) is 0 Å². The van der Waals surface area contributed by atoms with Gasteiger partial charge in [0.25, 0.3) is 5.91 Å². The number of rotatable bonds is 8. The molecule has 1 fully saturated rings. The Hall–Kier alpha value is -3.44. The van der Waals surface area contributed by atoms with Gasteiger partial charge in [-0.2, -0.15) is 5.26 Å². The summed E-state index contributed by atoms with van der Waals surface area (Å²) in [4.78, 5) is 24.4. The van der Waals surface area contributed by atoms with Crippen molar-refractivity contribution >= 4 is 27.4 Å². The lowest BCUT2D eigenvalue weighted by molar-refractivity contribution is 0.0698. The number of benzene rings is 2. The Kier molecular flexibility index (Phi) is 7.11. The molecule has 0 aromatic heterocycles. The number of carboxylic acids is 1. The van der Waals surface area contributed by atoms with Crippen molar-refractivity contribution in [2.75, 3.05) is 5.32 Å². The summed E-state index contributed by atoms with van der Waals surface area (Å²) in [6.07, 6.45) is 5.69. The Balaban J connectivity index is 1.90. The number of nitriles is 1. The van der Waals surface area contributed by atoms with Crippen LogP contribution in [-0.2, 0) is 9.84 Å². The summed E-state index contributed by atoms with van der Waals surface area (Å²) >= 11 is 0. The van der Waals surface area contributed by atoms with E-state index in [-0.39, 0.29) is 33.2 Å². The Labute approximate surface area is 187 Å². The summed E-state index contributed by atoms with van der Waals surface area (Å²) in [7, 11) is -3.69. The molecule has 2 N–H and O–H groups in total. The number of carbonyl (C=O) groups is 2. The average molecular weight is 453 g/mol. The van der Waals surface area contributed by atoms with E-state index < -0.39 is 27.0 Å². The predicted octanol–water partition coefficient (Wildman–Crippen LogP) is 4.42. The molecule has 1 saturated carbocycles. The maximum Gasteiger partial charge on any atom is 0.337 e. The number of sulfone groups is 1. The lowest BCUT2D eigenvalue weighted by atomic mass is 10.0. The molecule has 0 saturated heterocycles. The molecule has 3 rings (SSSR count). The van der Waals surface area contributed by atoms with Crippen LogP contribution < -0.4 is 5.32 Å². The van der Waals surface area contributed by atoms with Crippen LogP contribution in [0.1, 0.15) is 58.4 Å². The standard InChI is InChI=1S/C24H24N2O5S/c1-2-6-22(17-7-3-4-8-17)32(30,31)19-10-5-9-18(14-19)23(27)26-21-12-11-16(15-25)13-20(21)24(28)29/h2,5,9-14,17,22H,1,3-4,6-8H2,(H,26,27)(H,28,29). The largest absolute Gasteiger partial charge is 0.478 e. The smallest absolute Gasteiger partial charge is 0.337 e. The second-order valence-corrected chi connectivity index (χ2v) is 9.98. The van der Waals surface area contributed by atoms with Gasteiger partial charge in [0.05, 0.1) is 33.0 Å². The fourth-order valence-electron chi connectivity index (χ4n) is 4.15. The van der Waals surface area contributed by atoms with Crippen LogP contribution in [0.15, 0.2) is 60.0 Å². The zero-order valence-corrected chi connectivity index (χ0v) is 18.3. The molecule has 0 bridgehead atoms. The fourth-order valence-corrected chi connectivity index (χ4v) is 6.23. The summed E-state index contributed by atoms with van der Waals surface area (Å²) in [5.74, 6) is -1.87. The van der Waals surface area contributed by atoms with E-state index in [0.717, 1.165) is 25.7 Å². The lowest BCUT2D eigenvalue weighted by Gasteiger charge is -2.22. The predicted molar refractivity (Wildman–Crippen MR) is 120 cm³/mol. The maximum absolute atomic E-state index is 13.4. The molecule has 2 aromatic rings. The molecule has 32 heavy (non-hydrogen) atoms. The molecular weight excluding hydrogens is 428 g/mol. The van der Waals surface area contributed by atoms with E-state index in [4.69, 9.17) is 5.26 Å². The summed E-state index contributed by atoms with van der Waals surface area (Å²) in [6.45, 7) is 3.71. The molecule has 8 heteroatoms. The molecular formula is C24H24N2O5S. The van der Waals surface area contributed by atoms with E-state index >= 15 is 0 Å². The number of hydrogen-bond donors (Lipinski definition) is 2. The van der Waals surface area contributed by atoms with Crippen molar-refractivity contribution in [3.05, 3.63) is 71.8 Å². The highest BCUT2D eigenvalue weighted by atomic mass is 32.2. The van der Waals surface area contributed by atoms with Gasteiger partial charge < -0.3 is 10.4 Å². The number of carboxylic acid groups (broad SMARTS) is 1. The molecule has 1 aliphatic carbocycles. The minimum Gasteiger partial charge on any atom is -0.478 e. The number of carbonyl (C=O) groups excluding carboxylic acids is 1. The van der Waals surface area contributed by atoms with Crippen molar-refractivity contribution in [2.24, 2.45) is 5.92 Å². The van der Waals surface area contributed by atoms with E-state index in [1.165, 1.54) is 42.5 Å². The SMILES string of the molecule is C=CCC(C1CCCC1)S(=O)(=O)c1cccc(C(=O)Nc2ccc(C#N)cc2C(=O)O)c1. The first kappa shape index (κ1) is 23.2. The van der Waals surface area contributed by atoms with E-state index in [1.807, 2.05) is 6.07 Å². The number of aromatic carboxylic acids is 1. The van der Waals surface area contributed by atoms with Crippen LogP contribution in [0.25, 0.3) is 0 Å². The van der Waals surface area contributed by atoms with Crippen LogP contribution >= 0.6 is 0 Å². The van der Waals surface area contributed by atoms with Gasteiger partial charge in [-0.05, 0) is 61.6 Å². The van der Waals surface area contributed by atoms with Crippen molar-refractivity contribution in [2.45, 2.75) is 42.2 Å². The monoisotopic (exact) mass is 452 g/mol. The van der Waals surface area contributed by atoms with Crippen molar-refractivity contribution in [1.82, 2.24) is 0 Å². The highest BCUT2D eigenvalue weighted by Crippen LogP contribution is 2.35. The maximum atomic E-state index is 13.4. The molecule has 0 spiro atoms.